The van der Waals surface area contributed by atoms with Crippen molar-refractivity contribution in [3.63, 3.8) is 0 Å². The van der Waals surface area contributed by atoms with Gasteiger partial charge in [0.15, 0.2) is 5.78 Å². The Morgan fingerprint density at radius 2 is 2.33 bits per heavy atom. The highest BCUT2D eigenvalue weighted by atomic mass is 127. The summed E-state index contributed by atoms with van der Waals surface area (Å²) < 4.78 is 5.69. The van der Waals surface area contributed by atoms with E-state index >= 15 is 0 Å². The third kappa shape index (κ3) is 2.69. The zero-order chi connectivity index (χ0) is 11.4. The lowest BCUT2D eigenvalue weighted by Crippen LogP contribution is -2.05. The molecule has 0 atom stereocenters. The number of hydrogen-bond acceptors (Lipinski definition) is 3. The van der Waals surface area contributed by atoms with E-state index in [1.165, 1.54) is 7.11 Å². The predicted octanol–water partition coefficient (Wildman–Crippen LogP) is 2.75. The van der Waals surface area contributed by atoms with Crippen LogP contribution in [0.2, 0.25) is 0 Å². The summed E-state index contributed by atoms with van der Waals surface area (Å²) in [4.78, 5) is 11.6. The Balaban J connectivity index is 3.38. The number of carbonyl (C=O) groups excluding carboxylic acids is 1. The molecular formula is C10H7BrINO2. The third-order valence-electron chi connectivity index (χ3n) is 1.82. The van der Waals surface area contributed by atoms with E-state index < -0.39 is 0 Å². The minimum absolute atomic E-state index is 0.0604. The van der Waals surface area contributed by atoms with E-state index in [0.717, 1.165) is 0 Å². The van der Waals surface area contributed by atoms with Gasteiger partial charge in [-0.1, -0.05) is 15.9 Å². The Hall–Kier alpha value is -0.610. The number of rotatable bonds is 3. The molecule has 5 heteroatoms. The fraction of sp³-hybridized carbons (Fsp3) is 0.200. The summed E-state index contributed by atoms with van der Waals surface area (Å²) in [6, 6.07) is 5.30. The van der Waals surface area contributed by atoms with Gasteiger partial charge in [0.2, 0.25) is 0 Å². The SMILES string of the molecule is COc1cc(C#N)c(I)c(C(=O)CBr)c1. The minimum Gasteiger partial charge on any atom is -0.497 e. The number of halogens is 2. The Kier molecular flexibility index (Phi) is 4.54. The maximum Gasteiger partial charge on any atom is 0.174 e. The topological polar surface area (TPSA) is 50.1 Å². The summed E-state index contributed by atoms with van der Waals surface area (Å²) >= 11 is 5.09. The van der Waals surface area contributed by atoms with Crippen LogP contribution < -0.4 is 4.74 Å². The molecule has 1 aromatic rings. The molecule has 15 heavy (non-hydrogen) atoms. The fourth-order valence-electron chi connectivity index (χ4n) is 1.07. The molecule has 0 aliphatic carbocycles. The van der Waals surface area contributed by atoms with Crippen LogP contribution >= 0.6 is 38.5 Å². The first-order valence-electron chi connectivity index (χ1n) is 4.00. The van der Waals surface area contributed by atoms with Gasteiger partial charge in [-0.15, -0.1) is 0 Å². The first kappa shape index (κ1) is 12.5. The van der Waals surface area contributed by atoms with Crippen molar-refractivity contribution >= 4 is 44.3 Å². The van der Waals surface area contributed by atoms with E-state index in [0.29, 0.717) is 20.4 Å². The smallest absolute Gasteiger partial charge is 0.174 e. The van der Waals surface area contributed by atoms with Crippen LogP contribution in [-0.4, -0.2) is 18.2 Å². The molecule has 0 heterocycles. The Morgan fingerprint density at radius 1 is 1.67 bits per heavy atom. The van der Waals surface area contributed by atoms with Gasteiger partial charge in [0.1, 0.15) is 11.8 Å². The first-order chi connectivity index (χ1) is 7.13. The molecule has 3 nitrogen and oxygen atoms in total. The molecule has 0 amide bonds. The highest BCUT2D eigenvalue weighted by Crippen LogP contribution is 2.24. The highest BCUT2D eigenvalue weighted by molar-refractivity contribution is 14.1. The van der Waals surface area contributed by atoms with E-state index in [4.69, 9.17) is 10.00 Å². The van der Waals surface area contributed by atoms with Crippen LogP contribution in [0.15, 0.2) is 12.1 Å². The second kappa shape index (κ2) is 5.47. The normalized spacial score (nSPS) is 9.47. The lowest BCUT2D eigenvalue weighted by molar-refractivity contribution is 0.102. The molecule has 0 aromatic heterocycles. The van der Waals surface area contributed by atoms with Gasteiger partial charge in [0.25, 0.3) is 0 Å². The van der Waals surface area contributed by atoms with Crippen molar-refractivity contribution in [2.45, 2.75) is 0 Å². The molecule has 0 unspecified atom stereocenters. The number of ether oxygens (including phenoxy) is 1. The van der Waals surface area contributed by atoms with Gasteiger partial charge in [0.05, 0.1) is 18.0 Å². The third-order valence-corrected chi connectivity index (χ3v) is 3.50. The Bertz CT molecular complexity index is 440. The zero-order valence-corrected chi connectivity index (χ0v) is 11.6. The van der Waals surface area contributed by atoms with Crippen LogP contribution in [0.1, 0.15) is 15.9 Å². The largest absolute Gasteiger partial charge is 0.497 e. The fourth-order valence-corrected chi connectivity index (χ4v) is 2.11. The van der Waals surface area contributed by atoms with E-state index in [1.54, 1.807) is 12.1 Å². The number of nitrogens with zero attached hydrogens (tertiary/aromatic N) is 1. The molecule has 0 fully saturated rings. The zero-order valence-electron chi connectivity index (χ0n) is 7.88. The highest BCUT2D eigenvalue weighted by Gasteiger charge is 2.14. The van der Waals surface area contributed by atoms with Crippen molar-refractivity contribution in [1.29, 1.82) is 5.26 Å². The molecule has 0 N–H and O–H groups in total. The second-order valence-electron chi connectivity index (χ2n) is 2.71. The van der Waals surface area contributed by atoms with Crippen molar-refractivity contribution in [3.8, 4) is 11.8 Å². The van der Waals surface area contributed by atoms with Crippen molar-refractivity contribution < 1.29 is 9.53 Å². The number of hydrogen-bond donors (Lipinski definition) is 0. The van der Waals surface area contributed by atoms with Gasteiger partial charge in [0, 0.05) is 9.13 Å². The lowest BCUT2D eigenvalue weighted by Gasteiger charge is -2.06. The first-order valence-corrected chi connectivity index (χ1v) is 6.20. The Morgan fingerprint density at radius 3 is 2.80 bits per heavy atom. The van der Waals surface area contributed by atoms with Crippen molar-refractivity contribution in [2.75, 3.05) is 12.4 Å². The quantitative estimate of drug-likeness (QED) is 0.461. The van der Waals surface area contributed by atoms with Crippen LogP contribution in [0.3, 0.4) is 0 Å². The number of benzene rings is 1. The predicted molar refractivity (Wildman–Crippen MR) is 68.6 cm³/mol. The van der Waals surface area contributed by atoms with Gasteiger partial charge in [-0.3, -0.25) is 4.79 Å². The van der Waals surface area contributed by atoms with E-state index in [9.17, 15) is 4.79 Å². The van der Waals surface area contributed by atoms with Crippen LogP contribution in [0.4, 0.5) is 0 Å². The number of nitriles is 1. The molecule has 1 rings (SSSR count). The summed E-state index contributed by atoms with van der Waals surface area (Å²) in [6.07, 6.45) is 0. The molecule has 1 aromatic carbocycles. The molecule has 0 radical (unpaired) electrons. The van der Waals surface area contributed by atoms with Crippen molar-refractivity contribution in [3.05, 3.63) is 26.8 Å². The van der Waals surface area contributed by atoms with Crippen LogP contribution in [-0.2, 0) is 0 Å². The average Bonchev–Trinajstić information content (AvgIpc) is 2.28. The summed E-state index contributed by atoms with van der Waals surface area (Å²) in [6.45, 7) is 0. The minimum atomic E-state index is -0.0604. The summed E-state index contributed by atoms with van der Waals surface area (Å²) in [5.41, 5.74) is 0.975. The lowest BCUT2D eigenvalue weighted by atomic mass is 10.1. The number of methoxy groups -OCH3 is 1. The second-order valence-corrected chi connectivity index (χ2v) is 4.34. The van der Waals surface area contributed by atoms with Gasteiger partial charge < -0.3 is 4.74 Å². The van der Waals surface area contributed by atoms with Gasteiger partial charge in [-0.25, -0.2) is 0 Å². The summed E-state index contributed by atoms with van der Waals surface area (Å²) in [5.74, 6) is 0.464. The molecule has 0 spiro atoms. The standard InChI is InChI=1S/C10H7BrINO2/c1-15-7-2-6(5-13)10(12)8(3-7)9(14)4-11/h2-3H,4H2,1H3. The van der Waals surface area contributed by atoms with E-state index in [1.807, 2.05) is 28.7 Å². The van der Waals surface area contributed by atoms with Gasteiger partial charge in [-0.2, -0.15) is 5.26 Å². The Labute approximate surface area is 110 Å². The number of alkyl halides is 1. The number of ketones is 1. The van der Waals surface area contributed by atoms with Crippen LogP contribution in [0, 0.1) is 14.9 Å². The van der Waals surface area contributed by atoms with E-state index in [2.05, 4.69) is 15.9 Å². The molecule has 0 aliphatic rings. The summed E-state index contributed by atoms with van der Waals surface area (Å²) in [7, 11) is 1.51. The van der Waals surface area contributed by atoms with Crippen LogP contribution in [0.5, 0.6) is 5.75 Å². The van der Waals surface area contributed by atoms with Gasteiger partial charge >= 0.3 is 0 Å². The maximum atomic E-state index is 11.6. The molecular weight excluding hydrogens is 373 g/mol. The monoisotopic (exact) mass is 379 g/mol. The molecule has 0 aliphatic heterocycles. The molecule has 78 valence electrons. The summed E-state index contributed by atoms with van der Waals surface area (Å²) in [5, 5.41) is 9.12. The van der Waals surface area contributed by atoms with Crippen molar-refractivity contribution in [1.82, 2.24) is 0 Å². The maximum absolute atomic E-state index is 11.6. The molecule has 0 saturated carbocycles. The van der Waals surface area contributed by atoms with Gasteiger partial charge in [-0.05, 0) is 34.7 Å². The number of Topliss-reactive ketones (excluding diaryl/α,β-unsaturated/α-hetero) is 1. The van der Waals surface area contributed by atoms with E-state index in [-0.39, 0.29) is 11.1 Å². The van der Waals surface area contributed by atoms with Crippen LogP contribution in [0.25, 0.3) is 0 Å². The average molecular weight is 380 g/mol. The molecule has 0 bridgehead atoms. The molecule has 0 saturated heterocycles. The number of carbonyl (C=O) groups is 1. The van der Waals surface area contributed by atoms with Crippen molar-refractivity contribution in [2.24, 2.45) is 0 Å².